The molecule has 2 aromatic rings. The number of hydrogen-bond donors (Lipinski definition) is 8. The molecule has 42 heavy (non-hydrogen) atoms. The average molecular weight is 633 g/mol. The summed E-state index contributed by atoms with van der Waals surface area (Å²) in [6, 6.07) is -3.35. The molecule has 0 saturated carbocycles. The van der Waals surface area contributed by atoms with Gasteiger partial charge >= 0.3 is 22.3 Å². The summed E-state index contributed by atoms with van der Waals surface area (Å²) in [6.45, 7) is 1.18. The predicted octanol–water partition coefficient (Wildman–Crippen LogP) is -2.59. The molecule has 3 heterocycles. The van der Waals surface area contributed by atoms with Crippen molar-refractivity contribution in [2.45, 2.75) is 38.1 Å². The summed E-state index contributed by atoms with van der Waals surface area (Å²) in [5.41, 5.74) is 1.93. The van der Waals surface area contributed by atoms with Crippen molar-refractivity contribution >= 4 is 56.3 Å². The molecule has 0 unspecified atom stereocenters. The van der Waals surface area contributed by atoms with E-state index in [0.29, 0.717) is 10.9 Å². The van der Waals surface area contributed by atoms with E-state index in [4.69, 9.17) is 10.6 Å². The Hall–Kier alpha value is -4.96. The van der Waals surface area contributed by atoms with Crippen LogP contribution >= 0.6 is 11.3 Å². The Labute approximate surface area is 239 Å². The van der Waals surface area contributed by atoms with E-state index in [2.05, 4.69) is 26.1 Å². The highest BCUT2D eigenvalue weighted by atomic mass is 32.2. The maximum Gasteiger partial charge on any atom is 0.362 e. The Balaban J connectivity index is 1.76. The van der Waals surface area contributed by atoms with Crippen molar-refractivity contribution in [2.24, 2.45) is 5.16 Å². The molecule has 1 aliphatic heterocycles. The van der Waals surface area contributed by atoms with Crippen LogP contribution in [0.3, 0.4) is 0 Å². The second kappa shape index (κ2) is 11.9. The first-order valence-electron chi connectivity index (χ1n) is 11.4. The maximum atomic E-state index is 13.1. The molecule has 9 N–H and O–H groups in total. The van der Waals surface area contributed by atoms with Crippen LogP contribution in [0.1, 0.15) is 25.2 Å². The van der Waals surface area contributed by atoms with Crippen LogP contribution in [-0.2, 0) is 36.1 Å². The summed E-state index contributed by atoms with van der Waals surface area (Å²) in [5, 5.41) is 39.7. The fourth-order valence-electron chi connectivity index (χ4n) is 3.29. The number of carboxylic acids is 1. The zero-order valence-electron chi connectivity index (χ0n) is 21.5. The van der Waals surface area contributed by atoms with E-state index in [-0.39, 0.29) is 20.8 Å². The third-order valence-electron chi connectivity index (χ3n) is 5.56. The average Bonchev–Trinajstić information content (AvgIpc) is 3.30. The van der Waals surface area contributed by atoms with E-state index in [1.165, 1.54) is 5.38 Å². The van der Waals surface area contributed by atoms with E-state index in [9.17, 15) is 52.4 Å². The van der Waals surface area contributed by atoms with Crippen LogP contribution in [0, 0.1) is 0 Å². The van der Waals surface area contributed by atoms with E-state index in [1.807, 2.05) is 0 Å². The number of amides is 4. The third-order valence-corrected chi connectivity index (χ3v) is 7.18. The van der Waals surface area contributed by atoms with Crippen LogP contribution in [0.15, 0.2) is 27.6 Å². The first kappa shape index (κ1) is 31.6. The standard InChI is InChI=1S/C20H24N8O12S2/c1-20(2,17(33)34)40-26-13(9-7-41-18(21)24-9)15(31)25-14-10(28(16(14)32)42(37,38)39)5-23-19(35)22-4-8-3-11(29)12(30)6-27(8)36/h3,6-7,10,14,30,36H,4-5H2,1-2H3,(H2,21,24)(H,25,31)(H,33,34)(H2,22,23,35)(H,37,38,39)/b26-13+/t10-,14+/m0/s1. The molecular weight excluding hydrogens is 608 g/mol. The number of urea groups is 1. The van der Waals surface area contributed by atoms with E-state index >= 15 is 0 Å². The molecule has 1 saturated heterocycles. The fraction of sp³-hybridized carbons (Fsp3) is 0.350. The van der Waals surface area contributed by atoms with Crippen molar-refractivity contribution in [3.05, 3.63) is 39.3 Å². The van der Waals surface area contributed by atoms with Crippen LogP contribution < -0.4 is 27.1 Å². The van der Waals surface area contributed by atoms with Crippen LogP contribution in [0.5, 0.6) is 5.75 Å². The number of carbonyl (C=O) groups excluding carboxylic acids is 3. The molecule has 1 fully saturated rings. The van der Waals surface area contributed by atoms with Crippen molar-refractivity contribution in [1.29, 1.82) is 0 Å². The van der Waals surface area contributed by atoms with Gasteiger partial charge in [-0.05, 0) is 13.8 Å². The van der Waals surface area contributed by atoms with Crippen molar-refractivity contribution in [3.63, 3.8) is 0 Å². The van der Waals surface area contributed by atoms with Gasteiger partial charge in [-0.3, -0.25) is 18.9 Å². The van der Waals surface area contributed by atoms with Gasteiger partial charge in [-0.15, -0.1) is 11.3 Å². The lowest BCUT2D eigenvalue weighted by atomic mass is 9.98. The second-order valence-electron chi connectivity index (χ2n) is 8.97. The second-order valence-corrected chi connectivity index (χ2v) is 11.1. The van der Waals surface area contributed by atoms with Crippen molar-refractivity contribution in [2.75, 3.05) is 12.3 Å². The minimum absolute atomic E-state index is 0.00106. The SMILES string of the molecule is CC(C)(O/N=C(/C(=O)N[C@H]1C(=O)N(S(=O)(=O)O)[C@H]1CNC(=O)NCc1cc(=O)c(O)cn1O)c1csc(N)n1)C(=O)O. The van der Waals surface area contributed by atoms with Gasteiger partial charge in [0.05, 0.1) is 24.5 Å². The molecule has 2 atom stereocenters. The van der Waals surface area contributed by atoms with Gasteiger partial charge in [-0.25, -0.2) is 18.9 Å². The zero-order chi connectivity index (χ0) is 31.6. The molecule has 22 heteroatoms. The highest BCUT2D eigenvalue weighted by molar-refractivity contribution is 7.84. The number of β-lactam (4-membered cyclic amide) rings is 1. The molecule has 0 radical (unpaired) electrons. The number of nitrogens with zero attached hydrogens (tertiary/aromatic N) is 4. The number of oxime groups is 1. The highest BCUT2D eigenvalue weighted by Crippen LogP contribution is 2.24. The topological polar surface area (TPSA) is 305 Å². The summed E-state index contributed by atoms with van der Waals surface area (Å²) >= 11 is 0.895. The number of hydrogen-bond acceptors (Lipinski definition) is 14. The predicted molar refractivity (Wildman–Crippen MR) is 140 cm³/mol. The fourth-order valence-corrected chi connectivity index (χ4v) is 4.71. The first-order chi connectivity index (χ1) is 19.4. The minimum atomic E-state index is -5.14. The number of rotatable bonds is 11. The van der Waals surface area contributed by atoms with Crippen molar-refractivity contribution in [3.8, 4) is 5.75 Å². The monoisotopic (exact) mass is 632 g/mol. The Morgan fingerprint density at radius 1 is 1.26 bits per heavy atom. The zero-order valence-corrected chi connectivity index (χ0v) is 23.2. The number of nitrogen functional groups attached to an aromatic ring is 1. The quantitative estimate of drug-likeness (QED) is 0.0415. The Kier molecular flexibility index (Phi) is 8.93. The van der Waals surface area contributed by atoms with Gasteiger partial charge in [0.25, 0.3) is 11.8 Å². The molecule has 0 spiro atoms. The molecule has 0 bridgehead atoms. The van der Waals surface area contributed by atoms with E-state index in [1.54, 1.807) is 0 Å². The molecule has 0 aromatic carbocycles. The molecular formula is C20H24N8O12S2. The van der Waals surface area contributed by atoms with Crippen molar-refractivity contribution < 1.29 is 52.4 Å². The molecule has 4 amide bonds. The number of aromatic hydroxyl groups is 1. The van der Waals surface area contributed by atoms with Gasteiger partial charge < -0.3 is 41.9 Å². The lowest BCUT2D eigenvalue weighted by Gasteiger charge is -2.44. The van der Waals surface area contributed by atoms with Gasteiger partial charge in [-0.2, -0.15) is 13.1 Å². The van der Waals surface area contributed by atoms with Gasteiger partial charge in [0.1, 0.15) is 11.7 Å². The lowest BCUT2D eigenvalue weighted by molar-refractivity contribution is -0.161. The number of thiazole rings is 1. The van der Waals surface area contributed by atoms with E-state index in [0.717, 1.165) is 31.3 Å². The molecule has 2 aromatic heterocycles. The number of carbonyl (C=O) groups is 4. The Morgan fingerprint density at radius 3 is 2.50 bits per heavy atom. The van der Waals surface area contributed by atoms with Crippen LogP contribution in [-0.4, -0.2) is 96.2 Å². The summed E-state index contributed by atoms with van der Waals surface area (Å²) in [7, 11) is -5.14. The van der Waals surface area contributed by atoms with E-state index < -0.39 is 81.8 Å². The van der Waals surface area contributed by atoms with Gasteiger partial charge in [-0.1, -0.05) is 5.16 Å². The third kappa shape index (κ3) is 7.02. The van der Waals surface area contributed by atoms with Crippen LogP contribution in [0.25, 0.3) is 0 Å². The summed E-state index contributed by atoms with van der Waals surface area (Å²) in [4.78, 5) is 69.6. The molecule has 20 nitrogen and oxygen atoms in total. The summed E-state index contributed by atoms with van der Waals surface area (Å²) in [6.07, 6.45) is 0.694. The number of pyridine rings is 1. The molecule has 228 valence electrons. The van der Waals surface area contributed by atoms with Crippen LogP contribution in [0.2, 0.25) is 0 Å². The Bertz CT molecular complexity index is 1620. The summed E-state index contributed by atoms with van der Waals surface area (Å²) < 4.78 is 33.4. The highest BCUT2D eigenvalue weighted by Gasteiger charge is 2.54. The van der Waals surface area contributed by atoms with Gasteiger partial charge in [0.15, 0.2) is 16.6 Å². The molecule has 1 aliphatic rings. The normalized spacial score (nSPS) is 17.3. The number of nitrogens with one attached hydrogen (secondary N) is 3. The maximum absolute atomic E-state index is 13.1. The molecule has 0 aliphatic carbocycles. The minimum Gasteiger partial charge on any atom is -0.503 e. The smallest absolute Gasteiger partial charge is 0.362 e. The number of nitrogens with two attached hydrogens (primary N) is 1. The first-order valence-corrected chi connectivity index (χ1v) is 13.7. The number of carboxylic acid groups (broad SMARTS) is 1. The number of anilines is 1. The molecule has 3 rings (SSSR count). The van der Waals surface area contributed by atoms with Gasteiger partial charge in [0.2, 0.25) is 11.0 Å². The van der Waals surface area contributed by atoms with Gasteiger partial charge in [0, 0.05) is 18.0 Å². The largest absolute Gasteiger partial charge is 0.503 e. The Morgan fingerprint density at radius 2 is 1.93 bits per heavy atom. The van der Waals surface area contributed by atoms with Crippen molar-refractivity contribution in [1.82, 2.24) is 30.0 Å². The lowest BCUT2D eigenvalue weighted by Crippen LogP contribution is -2.74. The number of aromatic nitrogens is 2. The number of aliphatic carboxylic acids is 1. The van der Waals surface area contributed by atoms with Crippen LogP contribution in [0.4, 0.5) is 9.93 Å². The summed E-state index contributed by atoms with van der Waals surface area (Å²) in [5.74, 6) is -4.63.